The zero-order chi connectivity index (χ0) is 11.7. The number of amides is 2. The van der Waals surface area contributed by atoms with E-state index in [2.05, 4.69) is 10.6 Å². The monoisotopic (exact) mass is 215 g/mol. The van der Waals surface area contributed by atoms with Gasteiger partial charge in [0.25, 0.3) is 0 Å². The molecule has 0 aliphatic carbocycles. The summed E-state index contributed by atoms with van der Waals surface area (Å²) in [6, 6.07) is -0.554. The van der Waals surface area contributed by atoms with Crippen LogP contribution >= 0.6 is 0 Å². The summed E-state index contributed by atoms with van der Waals surface area (Å²) in [6.45, 7) is 5.29. The lowest BCUT2D eigenvalue weighted by Gasteiger charge is -2.14. The summed E-state index contributed by atoms with van der Waals surface area (Å²) in [7, 11) is 0. The number of primary amides is 1. The van der Waals surface area contributed by atoms with Crippen molar-refractivity contribution < 1.29 is 9.59 Å². The molecule has 0 saturated heterocycles. The molecule has 0 radical (unpaired) electrons. The number of nitrogens with one attached hydrogen (secondary N) is 2. The molecule has 0 aliphatic rings. The van der Waals surface area contributed by atoms with Crippen LogP contribution in [0.15, 0.2) is 0 Å². The Kier molecular flexibility index (Phi) is 7.62. The maximum Gasteiger partial charge on any atom is 0.235 e. The molecule has 5 heteroatoms. The first-order valence-electron chi connectivity index (χ1n) is 5.41. The second-order valence-electron chi connectivity index (χ2n) is 3.46. The average molecular weight is 215 g/mol. The highest BCUT2D eigenvalue weighted by molar-refractivity contribution is 5.87. The van der Waals surface area contributed by atoms with Gasteiger partial charge in [0.2, 0.25) is 11.8 Å². The molecule has 0 spiro atoms. The quantitative estimate of drug-likeness (QED) is 0.522. The normalized spacial score (nSPS) is 12.1. The fourth-order valence-corrected chi connectivity index (χ4v) is 1.11. The Hall–Kier alpha value is -1.10. The van der Waals surface area contributed by atoms with E-state index in [1.807, 2.05) is 13.8 Å². The Balaban J connectivity index is 3.93. The van der Waals surface area contributed by atoms with Gasteiger partial charge in [0, 0.05) is 6.54 Å². The summed E-state index contributed by atoms with van der Waals surface area (Å²) >= 11 is 0. The minimum absolute atomic E-state index is 0.120. The second-order valence-corrected chi connectivity index (χ2v) is 3.46. The molecular weight excluding hydrogens is 194 g/mol. The van der Waals surface area contributed by atoms with Crippen molar-refractivity contribution in [2.24, 2.45) is 5.73 Å². The van der Waals surface area contributed by atoms with Crippen LogP contribution in [-0.2, 0) is 9.59 Å². The van der Waals surface area contributed by atoms with Gasteiger partial charge in [-0.25, -0.2) is 0 Å². The van der Waals surface area contributed by atoms with E-state index in [4.69, 9.17) is 5.73 Å². The summed E-state index contributed by atoms with van der Waals surface area (Å²) < 4.78 is 0. The molecule has 4 N–H and O–H groups in total. The molecule has 15 heavy (non-hydrogen) atoms. The van der Waals surface area contributed by atoms with Crippen LogP contribution < -0.4 is 16.4 Å². The van der Waals surface area contributed by atoms with Gasteiger partial charge >= 0.3 is 0 Å². The highest BCUT2D eigenvalue weighted by atomic mass is 16.2. The third-order valence-electron chi connectivity index (χ3n) is 1.95. The molecule has 0 fully saturated rings. The Morgan fingerprint density at radius 2 is 1.80 bits per heavy atom. The molecule has 0 rings (SSSR count). The SMILES string of the molecule is CCCNC(=O)C[C@@H](NCCC)C(N)=O. The predicted octanol–water partition coefficient (Wildman–Crippen LogP) is -0.244. The zero-order valence-electron chi connectivity index (χ0n) is 9.51. The molecule has 0 saturated carbocycles. The Labute approximate surface area is 90.8 Å². The van der Waals surface area contributed by atoms with Crippen LogP contribution in [0.3, 0.4) is 0 Å². The Bertz CT molecular complexity index is 207. The molecule has 0 bridgehead atoms. The highest BCUT2D eigenvalue weighted by Crippen LogP contribution is 1.92. The smallest absolute Gasteiger partial charge is 0.235 e. The summed E-state index contributed by atoms with van der Waals surface area (Å²) in [6.07, 6.45) is 1.91. The van der Waals surface area contributed by atoms with Gasteiger partial charge in [0.05, 0.1) is 12.5 Å². The third kappa shape index (κ3) is 6.90. The van der Waals surface area contributed by atoms with Gasteiger partial charge in [-0.2, -0.15) is 0 Å². The number of hydrogen-bond acceptors (Lipinski definition) is 3. The first-order chi connectivity index (χ1) is 7.11. The molecule has 1 atom stereocenters. The first kappa shape index (κ1) is 13.9. The summed E-state index contributed by atoms with van der Waals surface area (Å²) in [5, 5.41) is 5.65. The van der Waals surface area contributed by atoms with E-state index in [-0.39, 0.29) is 12.3 Å². The van der Waals surface area contributed by atoms with E-state index in [0.29, 0.717) is 13.1 Å². The van der Waals surface area contributed by atoms with Crippen molar-refractivity contribution in [3.8, 4) is 0 Å². The van der Waals surface area contributed by atoms with Crippen molar-refractivity contribution in [2.75, 3.05) is 13.1 Å². The van der Waals surface area contributed by atoms with Crippen molar-refractivity contribution in [2.45, 2.75) is 39.2 Å². The molecular formula is C10H21N3O2. The van der Waals surface area contributed by atoms with E-state index < -0.39 is 11.9 Å². The summed E-state index contributed by atoms with van der Waals surface area (Å²) in [4.78, 5) is 22.3. The number of hydrogen-bond donors (Lipinski definition) is 3. The van der Waals surface area contributed by atoms with E-state index in [1.54, 1.807) is 0 Å². The lowest BCUT2D eigenvalue weighted by Crippen LogP contribution is -2.45. The van der Waals surface area contributed by atoms with Crippen LogP contribution in [0, 0.1) is 0 Å². The molecule has 0 aliphatic heterocycles. The molecule has 0 aromatic heterocycles. The predicted molar refractivity (Wildman–Crippen MR) is 59.2 cm³/mol. The van der Waals surface area contributed by atoms with Gasteiger partial charge in [-0.15, -0.1) is 0 Å². The molecule has 0 aromatic rings. The van der Waals surface area contributed by atoms with Gasteiger partial charge in [-0.1, -0.05) is 13.8 Å². The van der Waals surface area contributed by atoms with Crippen LogP contribution in [0.5, 0.6) is 0 Å². The number of carbonyl (C=O) groups excluding carboxylic acids is 2. The minimum Gasteiger partial charge on any atom is -0.368 e. The van der Waals surface area contributed by atoms with Crippen LogP contribution in [-0.4, -0.2) is 30.9 Å². The first-order valence-corrected chi connectivity index (χ1v) is 5.41. The number of rotatable bonds is 8. The summed E-state index contributed by atoms with van der Waals surface area (Å²) in [5.74, 6) is -0.612. The van der Waals surface area contributed by atoms with Crippen molar-refractivity contribution in [1.82, 2.24) is 10.6 Å². The molecule has 88 valence electrons. The van der Waals surface area contributed by atoms with Crippen LogP contribution in [0.4, 0.5) is 0 Å². The van der Waals surface area contributed by atoms with Crippen LogP contribution in [0.25, 0.3) is 0 Å². The average Bonchev–Trinajstić information content (AvgIpc) is 2.20. The highest BCUT2D eigenvalue weighted by Gasteiger charge is 2.17. The second kappa shape index (κ2) is 8.23. The van der Waals surface area contributed by atoms with E-state index in [1.165, 1.54) is 0 Å². The lowest BCUT2D eigenvalue weighted by atomic mass is 10.2. The topological polar surface area (TPSA) is 84.2 Å². The van der Waals surface area contributed by atoms with E-state index in [0.717, 1.165) is 12.8 Å². The largest absolute Gasteiger partial charge is 0.368 e. The van der Waals surface area contributed by atoms with Crippen molar-refractivity contribution in [1.29, 1.82) is 0 Å². The van der Waals surface area contributed by atoms with Crippen molar-refractivity contribution in [3.05, 3.63) is 0 Å². The van der Waals surface area contributed by atoms with E-state index >= 15 is 0 Å². The fraction of sp³-hybridized carbons (Fsp3) is 0.800. The van der Waals surface area contributed by atoms with Crippen molar-refractivity contribution in [3.63, 3.8) is 0 Å². The molecule has 5 nitrogen and oxygen atoms in total. The minimum atomic E-state index is -0.554. The maximum absolute atomic E-state index is 11.3. The van der Waals surface area contributed by atoms with E-state index in [9.17, 15) is 9.59 Å². The molecule has 2 amide bonds. The summed E-state index contributed by atoms with van der Waals surface area (Å²) in [5.41, 5.74) is 5.17. The van der Waals surface area contributed by atoms with Gasteiger partial charge in [-0.05, 0) is 19.4 Å². The standard InChI is InChI=1S/C10H21N3O2/c1-3-5-12-8(10(11)15)7-9(14)13-6-4-2/h8,12H,3-7H2,1-2H3,(H2,11,15)(H,13,14)/t8-/m1/s1. The maximum atomic E-state index is 11.3. The van der Waals surface area contributed by atoms with Crippen LogP contribution in [0.1, 0.15) is 33.1 Å². The zero-order valence-corrected chi connectivity index (χ0v) is 9.51. The Morgan fingerprint density at radius 1 is 1.20 bits per heavy atom. The van der Waals surface area contributed by atoms with Gasteiger partial charge in [0.15, 0.2) is 0 Å². The van der Waals surface area contributed by atoms with Gasteiger partial charge in [-0.3, -0.25) is 9.59 Å². The lowest BCUT2D eigenvalue weighted by molar-refractivity contribution is -0.126. The van der Waals surface area contributed by atoms with Gasteiger partial charge < -0.3 is 16.4 Å². The molecule has 0 heterocycles. The molecule has 0 unspecified atom stereocenters. The number of carbonyl (C=O) groups is 2. The van der Waals surface area contributed by atoms with Gasteiger partial charge in [0.1, 0.15) is 0 Å². The van der Waals surface area contributed by atoms with Crippen LogP contribution in [0.2, 0.25) is 0 Å². The van der Waals surface area contributed by atoms with Crippen molar-refractivity contribution >= 4 is 11.8 Å². The third-order valence-corrected chi connectivity index (χ3v) is 1.95. The molecule has 0 aromatic carbocycles. The fourth-order valence-electron chi connectivity index (χ4n) is 1.11. The Morgan fingerprint density at radius 3 is 2.27 bits per heavy atom. The number of nitrogens with two attached hydrogens (primary N) is 1.